The minimum absolute atomic E-state index is 0.105. The van der Waals surface area contributed by atoms with Gasteiger partial charge in [0.05, 0.1) is 6.54 Å². The van der Waals surface area contributed by atoms with Gasteiger partial charge in [-0.1, -0.05) is 12.1 Å². The average molecular weight is 370 g/mol. The fourth-order valence-electron chi connectivity index (χ4n) is 3.34. The molecule has 0 aliphatic carbocycles. The number of rotatable bonds is 5. The number of nitrogens with one attached hydrogen (secondary N) is 1. The van der Waals surface area contributed by atoms with Crippen molar-refractivity contribution in [1.82, 2.24) is 15.1 Å². The van der Waals surface area contributed by atoms with Crippen LogP contribution in [0.25, 0.3) is 0 Å². The summed E-state index contributed by atoms with van der Waals surface area (Å²) in [6.07, 6.45) is 3.16. The molecule has 0 aromatic heterocycles. The third-order valence-electron chi connectivity index (χ3n) is 5.07. The molecule has 1 amide bonds. The molecule has 144 valence electrons. The van der Waals surface area contributed by atoms with E-state index in [1.54, 1.807) is 11.9 Å². The number of likely N-dealkylation sites (tertiary alicyclic amines) is 1. The predicted molar refractivity (Wildman–Crippen MR) is 101 cm³/mol. The van der Waals surface area contributed by atoms with E-state index in [4.69, 9.17) is 9.47 Å². The summed E-state index contributed by atoms with van der Waals surface area (Å²) in [5.74, 6) is 1.20. The lowest BCUT2D eigenvalue weighted by Gasteiger charge is -2.35. The highest BCUT2D eigenvalue weighted by molar-refractivity contribution is 5.97. The number of para-hydroxylation sites is 2. The molecule has 7 nitrogen and oxygen atoms in total. The summed E-state index contributed by atoms with van der Waals surface area (Å²) in [5.41, 5.74) is 0.105. The number of nitriles is 1. The number of benzene rings is 1. The Hall–Kier alpha value is -2.72. The van der Waals surface area contributed by atoms with Crippen LogP contribution in [-0.4, -0.2) is 68.2 Å². The number of fused-ring (bicyclic) bond motifs is 1. The largest absolute Gasteiger partial charge is 0.486 e. The van der Waals surface area contributed by atoms with Crippen LogP contribution in [0.5, 0.6) is 11.5 Å². The lowest BCUT2D eigenvalue weighted by Crippen LogP contribution is -2.45. The number of nitrogens with zero attached hydrogens (tertiary/aromatic N) is 3. The van der Waals surface area contributed by atoms with Crippen LogP contribution in [0, 0.1) is 11.3 Å². The van der Waals surface area contributed by atoms with Crippen molar-refractivity contribution >= 4 is 5.91 Å². The number of hydrogen-bond acceptors (Lipinski definition) is 6. The normalized spacial score (nSPS) is 20.6. The Morgan fingerprint density at radius 1 is 1.37 bits per heavy atom. The molecule has 0 radical (unpaired) electrons. The maximum atomic E-state index is 12.6. The highest BCUT2D eigenvalue weighted by atomic mass is 16.6. The molecule has 3 rings (SSSR count). The van der Waals surface area contributed by atoms with E-state index in [0.717, 1.165) is 31.7 Å². The van der Waals surface area contributed by atoms with Crippen molar-refractivity contribution in [2.24, 2.45) is 0 Å². The van der Waals surface area contributed by atoms with Crippen LogP contribution < -0.4 is 14.8 Å². The van der Waals surface area contributed by atoms with Gasteiger partial charge in [0.15, 0.2) is 11.5 Å². The summed E-state index contributed by atoms with van der Waals surface area (Å²) in [5, 5.41) is 12.4. The van der Waals surface area contributed by atoms with Gasteiger partial charge in [0.2, 0.25) is 0 Å². The predicted octanol–water partition coefficient (Wildman–Crippen LogP) is 1.38. The molecule has 1 unspecified atom stereocenters. The maximum absolute atomic E-state index is 12.6. The first kappa shape index (κ1) is 19.1. The number of amides is 1. The Kier molecular flexibility index (Phi) is 6.20. The number of piperidine rings is 1. The van der Waals surface area contributed by atoms with Gasteiger partial charge in [0.1, 0.15) is 24.4 Å². The van der Waals surface area contributed by atoms with Crippen molar-refractivity contribution in [3.63, 3.8) is 0 Å². The first-order valence-electron chi connectivity index (χ1n) is 9.26. The van der Waals surface area contributed by atoms with Gasteiger partial charge in [-0.05, 0) is 45.1 Å². The molecule has 1 saturated heterocycles. The summed E-state index contributed by atoms with van der Waals surface area (Å²) in [7, 11) is 3.86. The minimum Gasteiger partial charge on any atom is -0.486 e. The second-order valence-electron chi connectivity index (χ2n) is 7.03. The first-order chi connectivity index (χ1) is 13.1. The van der Waals surface area contributed by atoms with Crippen LogP contribution in [-0.2, 0) is 4.79 Å². The van der Waals surface area contributed by atoms with Crippen LogP contribution in [0.4, 0.5) is 0 Å². The second-order valence-corrected chi connectivity index (χ2v) is 7.03. The fraction of sp³-hybridized carbons (Fsp3) is 0.500. The molecule has 1 aromatic carbocycles. The van der Waals surface area contributed by atoms with Crippen molar-refractivity contribution < 1.29 is 14.3 Å². The van der Waals surface area contributed by atoms with Gasteiger partial charge >= 0.3 is 0 Å². The standard InChI is InChI=1S/C20H26N4O3/c1-23-9-7-16(8-10-23)24(2)20(25)15(11-21)12-22-13-17-14-26-18-5-3-4-6-19(18)27-17/h3-6,12,16-17,22H,7-10,13-14H2,1-2H3/b15-12-. The van der Waals surface area contributed by atoms with E-state index in [2.05, 4.69) is 17.3 Å². The topological polar surface area (TPSA) is 77.8 Å². The number of ether oxygens (including phenoxy) is 2. The lowest BCUT2D eigenvalue weighted by atomic mass is 10.0. The lowest BCUT2D eigenvalue weighted by molar-refractivity contribution is -0.128. The van der Waals surface area contributed by atoms with Gasteiger partial charge in [0, 0.05) is 19.3 Å². The van der Waals surface area contributed by atoms with Gasteiger partial charge in [-0.15, -0.1) is 0 Å². The summed E-state index contributed by atoms with van der Waals surface area (Å²) in [6.45, 7) is 2.80. The highest BCUT2D eigenvalue weighted by Gasteiger charge is 2.26. The molecule has 2 aliphatic rings. The maximum Gasteiger partial charge on any atom is 0.265 e. The Bertz CT molecular complexity index is 735. The zero-order chi connectivity index (χ0) is 19.2. The molecular weight excluding hydrogens is 344 g/mol. The summed E-state index contributed by atoms with van der Waals surface area (Å²) in [4.78, 5) is 16.6. The zero-order valence-corrected chi connectivity index (χ0v) is 15.9. The first-order valence-corrected chi connectivity index (χ1v) is 9.26. The van der Waals surface area contributed by atoms with E-state index >= 15 is 0 Å². The molecule has 0 saturated carbocycles. The number of likely N-dealkylation sites (N-methyl/N-ethyl adjacent to an activating group) is 1. The molecular formula is C20H26N4O3. The molecule has 27 heavy (non-hydrogen) atoms. The number of hydrogen-bond donors (Lipinski definition) is 1. The second kappa shape index (κ2) is 8.78. The van der Waals surface area contributed by atoms with Crippen LogP contribution in [0.1, 0.15) is 12.8 Å². The van der Waals surface area contributed by atoms with Gasteiger partial charge < -0.3 is 24.6 Å². The molecule has 1 N–H and O–H groups in total. The van der Waals surface area contributed by atoms with E-state index < -0.39 is 0 Å². The minimum atomic E-state index is -0.245. The van der Waals surface area contributed by atoms with E-state index in [1.807, 2.05) is 30.3 Å². The Morgan fingerprint density at radius 3 is 2.78 bits per heavy atom. The fourth-order valence-corrected chi connectivity index (χ4v) is 3.34. The molecule has 1 aromatic rings. The van der Waals surface area contributed by atoms with Crippen molar-refractivity contribution in [1.29, 1.82) is 5.26 Å². The molecule has 1 atom stereocenters. The number of carbonyl (C=O) groups is 1. The third kappa shape index (κ3) is 4.72. The summed E-state index contributed by atoms with van der Waals surface area (Å²) >= 11 is 0. The number of carbonyl (C=O) groups excluding carboxylic acids is 1. The smallest absolute Gasteiger partial charge is 0.265 e. The van der Waals surface area contributed by atoms with E-state index in [9.17, 15) is 10.1 Å². The molecule has 7 heteroatoms. The highest BCUT2D eigenvalue weighted by Crippen LogP contribution is 2.30. The summed E-state index contributed by atoms with van der Waals surface area (Å²) in [6, 6.07) is 9.70. The van der Waals surface area contributed by atoms with Crippen molar-refractivity contribution in [3.05, 3.63) is 36.0 Å². The Labute approximate surface area is 160 Å². The van der Waals surface area contributed by atoms with Gasteiger partial charge in [-0.3, -0.25) is 4.79 Å². The van der Waals surface area contributed by atoms with Gasteiger partial charge in [0.25, 0.3) is 5.91 Å². The van der Waals surface area contributed by atoms with Crippen LogP contribution >= 0.6 is 0 Å². The average Bonchev–Trinajstić information content (AvgIpc) is 2.70. The van der Waals surface area contributed by atoms with Crippen LogP contribution in [0.2, 0.25) is 0 Å². The van der Waals surface area contributed by atoms with E-state index in [-0.39, 0.29) is 23.6 Å². The summed E-state index contributed by atoms with van der Waals surface area (Å²) < 4.78 is 11.5. The molecule has 0 spiro atoms. The van der Waals surface area contributed by atoms with Gasteiger partial charge in [-0.25, -0.2) is 0 Å². The van der Waals surface area contributed by atoms with Crippen LogP contribution in [0.15, 0.2) is 36.0 Å². The van der Waals surface area contributed by atoms with E-state index in [0.29, 0.717) is 18.9 Å². The molecule has 1 fully saturated rings. The van der Waals surface area contributed by atoms with Crippen molar-refractivity contribution in [2.75, 3.05) is 40.3 Å². The quantitative estimate of drug-likeness (QED) is 0.623. The Morgan fingerprint density at radius 2 is 2.07 bits per heavy atom. The monoisotopic (exact) mass is 370 g/mol. The molecule has 0 bridgehead atoms. The van der Waals surface area contributed by atoms with Crippen LogP contribution in [0.3, 0.4) is 0 Å². The van der Waals surface area contributed by atoms with Crippen molar-refractivity contribution in [2.45, 2.75) is 25.0 Å². The van der Waals surface area contributed by atoms with Gasteiger partial charge in [-0.2, -0.15) is 5.26 Å². The zero-order valence-electron chi connectivity index (χ0n) is 15.9. The molecule has 2 aliphatic heterocycles. The Balaban J connectivity index is 1.52. The molecule has 2 heterocycles. The third-order valence-corrected chi connectivity index (χ3v) is 5.07. The van der Waals surface area contributed by atoms with E-state index in [1.165, 1.54) is 6.20 Å². The van der Waals surface area contributed by atoms with Crippen molar-refractivity contribution in [3.8, 4) is 17.6 Å². The SMILES string of the molecule is CN1CCC(N(C)C(=O)/C(C#N)=C\NCC2COc3ccccc3O2)CC1.